The molecular weight excluding hydrogens is 240 g/mol. The Labute approximate surface area is 107 Å². The maximum atomic E-state index is 10.4. The Morgan fingerprint density at radius 3 is 3.00 bits per heavy atom. The Kier molecular flexibility index (Phi) is 5.18. The van der Waals surface area contributed by atoms with E-state index in [-0.39, 0.29) is 0 Å². The zero-order chi connectivity index (χ0) is 12.9. The average molecular weight is 259 g/mol. The van der Waals surface area contributed by atoms with E-state index in [1.54, 1.807) is 31.0 Å². The van der Waals surface area contributed by atoms with Crippen LogP contribution >= 0.6 is 11.6 Å². The van der Waals surface area contributed by atoms with Crippen LogP contribution < -0.4 is 0 Å². The number of ether oxygens (including phenoxy) is 1. The molecule has 96 valence electrons. The molecule has 1 heterocycles. The Bertz CT molecular complexity index is 375. The van der Waals surface area contributed by atoms with Gasteiger partial charge in [-0.25, -0.2) is 0 Å². The third-order valence-corrected chi connectivity index (χ3v) is 2.92. The predicted octanol–water partition coefficient (Wildman–Crippen LogP) is 2.36. The SMILES string of the molecule is C=CCCC(C)(O)c1c(Cl)cnn1CCOC. The molecule has 1 unspecified atom stereocenters. The van der Waals surface area contributed by atoms with Gasteiger partial charge in [0.15, 0.2) is 0 Å². The number of allylic oxidation sites excluding steroid dienone is 1. The first-order chi connectivity index (χ1) is 8.03. The summed E-state index contributed by atoms with van der Waals surface area (Å²) in [5.41, 5.74) is -0.367. The highest BCUT2D eigenvalue weighted by atomic mass is 35.5. The molecule has 0 fully saturated rings. The summed E-state index contributed by atoms with van der Waals surface area (Å²) in [6.07, 6.45) is 4.61. The van der Waals surface area contributed by atoms with E-state index >= 15 is 0 Å². The van der Waals surface area contributed by atoms with Crippen molar-refractivity contribution in [3.63, 3.8) is 0 Å². The summed E-state index contributed by atoms with van der Waals surface area (Å²) in [7, 11) is 1.63. The van der Waals surface area contributed by atoms with E-state index in [1.807, 2.05) is 0 Å². The third kappa shape index (κ3) is 3.56. The molecule has 1 N–H and O–H groups in total. The summed E-state index contributed by atoms with van der Waals surface area (Å²) in [4.78, 5) is 0. The van der Waals surface area contributed by atoms with E-state index in [0.29, 0.717) is 30.3 Å². The minimum Gasteiger partial charge on any atom is -0.384 e. The first-order valence-corrected chi connectivity index (χ1v) is 5.94. The van der Waals surface area contributed by atoms with Crippen LogP contribution in [0.3, 0.4) is 0 Å². The minimum atomic E-state index is -1.00. The topological polar surface area (TPSA) is 47.3 Å². The normalized spacial score (nSPS) is 14.6. The number of nitrogens with zero attached hydrogens (tertiary/aromatic N) is 2. The third-order valence-electron chi connectivity index (χ3n) is 2.65. The second-order valence-corrected chi connectivity index (χ2v) is 4.57. The summed E-state index contributed by atoms with van der Waals surface area (Å²) < 4.78 is 6.69. The quantitative estimate of drug-likeness (QED) is 0.764. The molecule has 0 saturated carbocycles. The van der Waals surface area contributed by atoms with Crippen LogP contribution in [0.25, 0.3) is 0 Å². The first kappa shape index (κ1) is 14.2. The highest BCUT2D eigenvalue weighted by molar-refractivity contribution is 6.31. The van der Waals surface area contributed by atoms with Gasteiger partial charge in [0.2, 0.25) is 0 Å². The Balaban J connectivity index is 2.93. The highest BCUT2D eigenvalue weighted by Gasteiger charge is 2.29. The van der Waals surface area contributed by atoms with Crippen LogP contribution in [0.4, 0.5) is 0 Å². The number of halogens is 1. The van der Waals surface area contributed by atoms with Crippen molar-refractivity contribution in [1.82, 2.24) is 9.78 Å². The first-order valence-electron chi connectivity index (χ1n) is 5.57. The molecule has 0 aliphatic rings. The minimum absolute atomic E-state index is 0.482. The van der Waals surface area contributed by atoms with Crippen LogP contribution in [0.15, 0.2) is 18.9 Å². The summed E-state index contributed by atoms with van der Waals surface area (Å²) in [5, 5.41) is 15.1. The van der Waals surface area contributed by atoms with Crippen molar-refractivity contribution in [1.29, 1.82) is 0 Å². The molecule has 1 atom stereocenters. The smallest absolute Gasteiger partial charge is 0.105 e. The molecule has 0 aliphatic carbocycles. The van der Waals surface area contributed by atoms with E-state index in [0.717, 1.165) is 6.42 Å². The summed E-state index contributed by atoms with van der Waals surface area (Å²) in [6, 6.07) is 0. The van der Waals surface area contributed by atoms with Gasteiger partial charge < -0.3 is 9.84 Å². The van der Waals surface area contributed by atoms with Gasteiger partial charge in [-0.15, -0.1) is 6.58 Å². The lowest BCUT2D eigenvalue weighted by molar-refractivity contribution is 0.0378. The molecule has 0 amide bonds. The molecule has 0 radical (unpaired) electrons. The van der Waals surface area contributed by atoms with Gasteiger partial charge in [-0.3, -0.25) is 4.68 Å². The fourth-order valence-electron chi connectivity index (χ4n) is 1.75. The monoisotopic (exact) mass is 258 g/mol. The van der Waals surface area contributed by atoms with Crippen LogP contribution in [0, 0.1) is 0 Å². The van der Waals surface area contributed by atoms with E-state index in [4.69, 9.17) is 16.3 Å². The second-order valence-electron chi connectivity index (χ2n) is 4.16. The van der Waals surface area contributed by atoms with Crippen LogP contribution in [0.2, 0.25) is 5.02 Å². The molecule has 0 spiro atoms. The zero-order valence-electron chi connectivity index (χ0n) is 10.3. The van der Waals surface area contributed by atoms with Gasteiger partial charge >= 0.3 is 0 Å². The van der Waals surface area contributed by atoms with Crippen LogP contribution in [-0.2, 0) is 16.9 Å². The van der Waals surface area contributed by atoms with Crippen molar-refractivity contribution in [3.05, 3.63) is 29.6 Å². The Hall–Kier alpha value is -0.840. The number of hydrogen-bond donors (Lipinski definition) is 1. The lowest BCUT2D eigenvalue weighted by atomic mass is 9.96. The van der Waals surface area contributed by atoms with Gasteiger partial charge in [-0.1, -0.05) is 17.7 Å². The molecule has 0 bridgehead atoms. The van der Waals surface area contributed by atoms with Crippen molar-refractivity contribution >= 4 is 11.6 Å². The summed E-state index contributed by atoms with van der Waals surface area (Å²) in [6.45, 7) is 6.49. The fourth-order valence-corrected chi connectivity index (χ4v) is 2.09. The standard InChI is InChI=1S/C12H19ClN2O2/c1-4-5-6-12(2,16)11-10(13)9-14-15(11)7-8-17-3/h4,9,16H,1,5-8H2,2-3H3. The van der Waals surface area contributed by atoms with Crippen LogP contribution in [-0.4, -0.2) is 28.6 Å². The number of aliphatic hydroxyl groups is 1. The second kappa shape index (κ2) is 6.19. The van der Waals surface area contributed by atoms with Crippen molar-refractivity contribution in [2.24, 2.45) is 0 Å². The molecule has 0 saturated heterocycles. The van der Waals surface area contributed by atoms with Gasteiger partial charge in [-0.05, 0) is 19.8 Å². The molecule has 4 nitrogen and oxygen atoms in total. The van der Waals surface area contributed by atoms with Gasteiger partial charge in [-0.2, -0.15) is 5.10 Å². The zero-order valence-corrected chi connectivity index (χ0v) is 11.1. The van der Waals surface area contributed by atoms with Gasteiger partial charge in [0.05, 0.1) is 30.1 Å². The summed E-state index contributed by atoms with van der Waals surface area (Å²) in [5.74, 6) is 0. The predicted molar refractivity (Wildman–Crippen MR) is 68.1 cm³/mol. The van der Waals surface area contributed by atoms with Crippen molar-refractivity contribution in [3.8, 4) is 0 Å². The molecule has 0 aromatic carbocycles. The van der Waals surface area contributed by atoms with Crippen molar-refractivity contribution < 1.29 is 9.84 Å². The lowest BCUT2D eigenvalue weighted by Gasteiger charge is -2.24. The summed E-state index contributed by atoms with van der Waals surface area (Å²) >= 11 is 6.08. The van der Waals surface area contributed by atoms with E-state index in [9.17, 15) is 5.11 Å². The molecule has 5 heteroatoms. The fraction of sp³-hybridized carbons (Fsp3) is 0.583. The molecular formula is C12H19ClN2O2. The van der Waals surface area contributed by atoms with Gasteiger partial charge in [0.1, 0.15) is 5.60 Å². The van der Waals surface area contributed by atoms with Gasteiger partial charge in [0, 0.05) is 7.11 Å². The van der Waals surface area contributed by atoms with Gasteiger partial charge in [0.25, 0.3) is 0 Å². The maximum absolute atomic E-state index is 10.4. The Morgan fingerprint density at radius 2 is 2.41 bits per heavy atom. The number of hydrogen-bond acceptors (Lipinski definition) is 3. The van der Waals surface area contributed by atoms with Crippen LogP contribution in [0.1, 0.15) is 25.5 Å². The number of rotatable bonds is 7. The highest BCUT2D eigenvalue weighted by Crippen LogP contribution is 2.31. The molecule has 1 aromatic heterocycles. The van der Waals surface area contributed by atoms with Crippen molar-refractivity contribution in [2.45, 2.75) is 31.9 Å². The van der Waals surface area contributed by atoms with E-state index in [1.165, 1.54) is 0 Å². The number of methoxy groups -OCH3 is 1. The molecule has 1 rings (SSSR count). The van der Waals surface area contributed by atoms with Crippen molar-refractivity contribution in [2.75, 3.05) is 13.7 Å². The molecule has 0 aliphatic heterocycles. The lowest BCUT2D eigenvalue weighted by Crippen LogP contribution is -2.26. The Morgan fingerprint density at radius 1 is 1.71 bits per heavy atom. The van der Waals surface area contributed by atoms with E-state index < -0.39 is 5.60 Å². The van der Waals surface area contributed by atoms with Crippen LogP contribution in [0.5, 0.6) is 0 Å². The van der Waals surface area contributed by atoms with E-state index in [2.05, 4.69) is 11.7 Å². The average Bonchev–Trinajstić information content (AvgIpc) is 2.66. The number of aromatic nitrogens is 2. The largest absolute Gasteiger partial charge is 0.384 e. The maximum Gasteiger partial charge on any atom is 0.105 e. The molecule has 17 heavy (non-hydrogen) atoms. The molecule has 1 aromatic rings.